The molecule has 1 aliphatic rings. The normalized spacial score (nSPS) is 17.9. The van der Waals surface area contributed by atoms with E-state index in [0.717, 1.165) is 50.3 Å². The molecule has 0 radical (unpaired) electrons. The van der Waals surface area contributed by atoms with Gasteiger partial charge in [-0.15, -0.1) is 12.4 Å². The third-order valence-corrected chi connectivity index (χ3v) is 3.22. The number of hydrogen-bond donors (Lipinski definition) is 2. The monoisotopic (exact) mass is 298 g/mol. The van der Waals surface area contributed by atoms with Crippen molar-refractivity contribution >= 4 is 24.0 Å². The van der Waals surface area contributed by atoms with E-state index < -0.39 is 0 Å². The molecule has 1 atom stereocenters. The second kappa shape index (κ2) is 8.82. The fourth-order valence-corrected chi connectivity index (χ4v) is 2.16. The van der Waals surface area contributed by atoms with Crippen LogP contribution in [-0.2, 0) is 4.79 Å². The minimum atomic E-state index is -0.0511. The molecule has 5 heteroatoms. The van der Waals surface area contributed by atoms with Crippen molar-refractivity contribution in [3.8, 4) is 5.75 Å². The fraction of sp³-hybridized carbons (Fsp3) is 0.533. The minimum Gasteiger partial charge on any atom is -0.494 e. The molecular formula is C15H23ClN2O2. The number of carbonyl (C=O) groups is 1. The van der Waals surface area contributed by atoms with Crippen LogP contribution in [0, 0.1) is 0 Å². The van der Waals surface area contributed by atoms with Gasteiger partial charge in [-0.1, -0.05) is 13.3 Å². The predicted octanol–water partition coefficient (Wildman–Crippen LogP) is 2.98. The van der Waals surface area contributed by atoms with Crippen molar-refractivity contribution in [1.29, 1.82) is 0 Å². The van der Waals surface area contributed by atoms with Crippen LogP contribution >= 0.6 is 12.4 Å². The highest BCUT2D eigenvalue weighted by atomic mass is 35.5. The van der Waals surface area contributed by atoms with Crippen LogP contribution in [0.15, 0.2) is 24.3 Å². The zero-order valence-corrected chi connectivity index (χ0v) is 12.7. The van der Waals surface area contributed by atoms with Gasteiger partial charge in [-0.2, -0.15) is 0 Å². The Morgan fingerprint density at radius 2 is 2.10 bits per heavy atom. The summed E-state index contributed by atoms with van der Waals surface area (Å²) in [5, 5.41) is 6.18. The molecule has 2 N–H and O–H groups in total. The Kier molecular flexibility index (Phi) is 7.41. The first-order valence-corrected chi connectivity index (χ1v) is 7.06. The van der Waals surface area contributed by atoms with Crippen LogP contribution in [0.1, 0.15) is 32.6 Å². The third-order valence-electron chi connectivity index (χ3n) is 3.22. The average Bonchev–Trinajstić information content (AvgIpc) is 2.47. The van der Waals surface area contributed by atoms with Gasteiger partial charge in [-0.25, -0.2) is 0 Å². The standard InChI is InChI=1S/C15H22N2O2.ClH/c1-2-11-19-13-8-6-12(7-9-13)17-15(18)14-5-3-4-10-16-14;/h6-9,14,16H,2-5,10-11H2,1H3,(H,17,18);1H/t14-;/m0./s1. The summed E-state index contributed by atoms with van der Waals surface area (Å²) >= 11 is 0. The van der Waals surface area contributed by atoms with E-state index in [1.54, 1.807) is 0 Å². The summed E-state index contributed by atoms with van der Waals surface area (Å²) in [4.78, 5) is 12.0. The first-order chi connectivity index (χ1) is 9.29. The Morgan fingerprint density at radius 1 is 1.35 bits per heavy atom. The highest BCUT2D eigenvalue weighted by molar-refractivity contribution is 5.94. The van der Waals surface area contributed by atoms with Crippen molar-refractivity contribution in [2.24, 2.45) is 0 Å². The fourth-order valence-electron chi connectivity index (χ4n) is 2.16. The highest BCUT2D eigenvalue weighted by Gasteiger charge is 2.20. The van der Waals surface area contributed by atoms with Gasteiger partial charge in [0, 0.05) is 5.69 Å². The largest absolute Gasteiger partial charge is 0.494 e. The van der Waals surface area contributed by atoms with Crippen molar-refractivity contribution in [3.63, 3.8) is 0 Å². The summed E-state index contributed by atoms with van der Waals surface area (Å²) in [5.74, 6) is 0.901. The lowest BCUT2D eigenvalue weighted by Gasteiger charge is -2.22. The lowest BCUT2D eigenvalue weighted by atomic mass is 10.0. The molecule has 20 heavy (non-hydrogen) atoms. The van der Waals surface area contributed by atoms with E-state index >= 15 is 0 Å². The van der Waals surface area contributed by atoms with Crippen molar-refractivity contribution in [3.05, 3.63) is 24.3 Å². The lowest BCUT2D eigenvalue weighted by molar-refractivity contribution is -0.118. The second-order valence-corrected chi connectivity index (χ2v) is 4.86. The van der Waals surface area contributed by atoms with Crippen molar-refractivity contribution in [2.45, 2.75) is 38.6 Å². The van der Waals surface area contributed by atoms with Gasteiger partial charge in [0.25, 0.3) is 0 Å². The van der Waals surface area contributed by atoms with E-state index in [-0.39, 0.29) is 24.4 Å². The third kappa shape index (κ3) is 5.02. The zero-order valence-electron chi connectivity index (χ0n) is 11.9. The number of halogens is 1. The summed E-state index contributed by atoms with van der Waals surface area (Å²) in [6.45, 7) is 3.73. The van der Waals surface area contributed by atoms with E-state index in [0.29, 0.717) is 0 Å². The Hall–Kier alpha value is -1.26. The quantitative estimate of drug-likeness (QED) is 0.878. The van der Waals surface area contributed by atoms with Crippen LogP contribution in [0.5, 0.6) is 5.75 Å². The molecular weight excluding hydrogens is 276 g/mol. The van der Waals surface area contributed by atoms with Crippen LogP contribution in [-0.4, -0.2) is 25.1 Å². The molecule has 0 aliphatic carbocycles. The van der Waals surface area contributed by atoms with E-state index in [9.17, 15) is 4.79 Å². The van der Waals surface area contributed by atoms with Crippen LogP contribution < -0.4 is 15.4 Å². The maximum absolute atomic E-state index is 12.0. The van der Waals surface area contributed by atoms with Gasteiger partial charge in [0.1, 0.15) is 5.75 Å². The van der Waals surface area contributed by atoms with Gasteiger partial charge in [0.15, 0.2) is 0 Å². The number of hydrogen-bond acceptors (Lipinski definition) is 3. The molecule has 1 amide bonds. The number of ether oxygens (including phenoxy) is 1. The molecule has 1 aliphatic heterocycles. The van der Waals surface area contributed by atoms with Gasteiger partial charge in [-0.3, -0.25) is 4.79 Å². The summed E-state index contributed by atoms with van der Waals surface area (Å²) in [5.41, 5.74) is 0.821. The van der Waals surface area contributed by atoms with Crippen molar-refractivity contribution in [1.82, 2.24) is 5.32 Å². The second-order valence-electron chi connectivity index (χ2n) is 4.86. The number of benzene rings is 1. The predicted molar refractivity (Wildman–Crippen MR) is 83.7 cm³/mol. The Labute approximate surface area is 126 Å². The number of carbonyl (C=O) groups excluding carboxylic acids is 1. The number of amides is 1. The lowest BCUT2D eigenvalue weighted by Crippen LogP contribution is -2.43. The first-order valence-electron chi connectivity index (χ1n) is 7.06. The molecule has 0 unspecified atom stereocenters. The Balaban J connectivity index is 0.00000200. The molecule has 0 aromatic heterocycles. The van der Waals surface area contributed by atoms with Crippen molar-refractivity contribution in [2.75, 3.05) is 18.5 Å². The minimum absolute atomic E-state index is 0. The maximum Gasteiger partial charge on any atom is 0.241 e. The molecule has 1 saturated heterocycles. The Morgan fingerprint density at radius 3 is 2.70 bits per heavy atom. The molecule has 1 heterocycles. The first kappa shape index (κ1) is 16.8. The summed E-state index contributed by atoms with van der Waals surface area (Å²) < 4.78 is 5.51. The van der Waals surface area contributed by atoms with E-state index in [1.165, 1.54) is 0 Å². The summed E-state index contributed by atoms with van der Waals surface area (Å²) in [6, 6.07) is 7.49. The number of anilines is 1. The molecule has 4 nitrogen and oxygen atoms in total. The van der Waals surface area contributed by atoms with Crippen LogP contribution in [0.2, 0.25) is 0 Å². The SMILES string of the molecule is CCCOc1ccc(NC(=O)[C@@H]2CCCCN2)cc1.Cl. The van der Waals surface area contributed by atoms with Crippen LogP contribution in [0.3, 0.4) is 0 Å². The van der Waals surface area contributed by atoms with Gasteiger partial charge < -0.3 is 15.4 Å². The Bertz CT molecular complexity index is 403. The molecule has 0 spiro atoms. The summed E-state index contributed by atoms with van der Waals surface area (Å²) in [7, 11) is 0. The topological polar surface area (TPSA) is 50.4 Å². The zero-order chi connectivity index (χ0) is 13.5. The molecule has 1 fully saturated rings. The number of nitrogens with one attached hydrogen (secondary N) is 2. The smallest absolute Gasteiger partial charge is 0.241 e. The van der Waals surface area contributed by atoms with Crippen LogP contribution in [0.25, 0.3) is 0 Å². The van der Waals surface area contributed by atoms with Gasteiger partial charge in [-0.05, 0) is 50.1 Å². The highest BCUT2D eigenvalue weighted by Crippen LogP contribution is 2.17. The number of rotatable bonds is 5. The average molecular weight is 299 g/mol. The molecule has 0 bridgehead atoms. The molecule has 0 saturated carbocycles. The molecule has 112 valence electrons. The van der Waals surface area contributed by atoms with E-state index in [2.05, 4.69) is 17.6 Å². The van der Waals surface area contributed by atoms with Gasteiger partial charge >= 0.3 is 0 Å². The maximum atomic E-state index is 12.0. The molecule has 1 aromatic carbocycles. The summed E-state index contributed by atoms with van der Waals surface area (Å²) in [6.07, 6.45) is 4.19. The molecule has 1 aromatic rings. The van der Waals surface area contributed by atoms with E-state index in [1.807, 2.05) is 24.3 Å². The van der Waals surface area contributed by atoms with Crippen molar-refractivity contribution < 1.29 is 9.53 Å². The molecule has 2 rings (SSSR count). The van der Waals surface area contributed by atoms with Crippen LogP contribution in [0.4, 0.5) is 5.69 Å². The van der Waals surface area contributed by atoms with Gasteiger partial charge in [0.05, 0.1) is 12.6 Å². The van der Waals surface area contributed by atoms with Gasteiger partial charge in [0.2, 0.25) is 5.91 Å². The number of piperidine rings is 1. The van der Waals surface area contributed by atoms with E-state index in [4.69, 9.17) is 4.74 Å².